The van der Waals surface area contributed by atoms with E-state index < -0.39 is 0 Å². The van der Waals surface area contributed by atoms with Crippen molar-refractivity contribution in [2.45, 2.75) is 11.2 Å². The highest BCUT2D eigenvalue weighted by Crippen LogP contribution is 2.39. The Labute approximate surface area is 140 Å². The third-order valence-corrected chi connectivity index (χ3v) is 4.93. The Bertz CT molecular complexity index is 269. The molecule has 0 N–H and O–H groups in total. The van der Waals surface area contributed by atoms with E-state index in [9.17, 15) is 0 Å². The summed E-state index contributed by atoms with van der Waals surface area (Å²) in [4.78, 5) is 0. The van der Waals surface area contributed by atoms with Crippen molar-refractivity contribution in [2.24, 2.45) is 0 Å². The van der Waals surface area contributed by atoms with Crippen LogP contribution in [0, 0.1) is 0 Å². The Hall–Kier alpha value is 2.10. The lowest BCUT2D eigenvalue weighted by Gasteiger charge is -2.12. The quantitative estimate of drug-likeness (QED) is 0.330. The van der Waals surface area contributed by atoms with Gasteiger partial charge in [-0.25, -0.2) is 0 Å². The predicted molar refractivity (Wildman–Crippen MR) is 88.2 cm³/mol. The highest BCUT2D eigenvalue weighted by atomic mass is 79.9. The van der Waals surface area contributed by atoms with E-state index in [4.69, 9.17) is 0 Å². The molecule has 0 saturated heterocycles. The standard InChI is InChI=1S/C9H6Br6/c10-7(11)4-1-5(8(12)13)3-6(2-4)9(14)15/h1-3,7-9H. The topological polar surface area (TPSA) is 0 Å². The van der Waals surface area contributed by atoms with E-state index in [1.807, 2.05) is 0 Å². The Morgan fingerprint density at radius 2 is 0.733 bits per heavy atom. The molecule has 0 nitrogen and oxygen atoms in total. The van der Waals surface area contributed by atoms with Crippen molar-refractivity contribution in [2.75, 3.05) is 0 Å². The average Bonchev–Trinajstić information content (AvgIpc) is 2.16. The van der Waals surface area contributed by atoms with Crippen molar-refractivity contribution in [3.8, 4) is 0 Å². The molecule has 0 atom stereocenters. The lowest BCUT2D eigenvalue weighted by molar-refractivity contribution is 1.27. The van der Waals surface area contributed by atoms with Crippen molar-refractivity contribution in [3.63, 3.8) is 0 Å². The molecule has 0 heterocycles. The van der Waals surface area contributed by atoms with E-state index in [2.05, 4.69) is 114 Å². The second-order valence-corrected chi connectivity index (χ2v) is 12.0. The van der Waals surface area contributed by atoms with Crippen molar-refractivity contribution < 1.29 is 0 Å². The van der Waals surface area contributed by atoms with Crippen LogP contribution in [0.1, 0.15) is 27.9 Å². The van der Waals surface area contributed by atoms with Gasteiger partial charge in [-0.3, -0.25) is 0 Å². The van der Waals surface area contributed by atoms with Crippen LogP contribution in [0.15, 0.2) is 18.2 Å². The molecular formula is C9H6Br6. The zero-order valence-corrected chi connectivity index (χ0v) is 16.7. The summed E-state index contributed by atoms with van der Waals surface area (Å²) >= 11 is 21.0. The first-order chi connectivity index (χ1) is 6.91. The first kappa shape index (κ1) is 15.2. The van der Waals surface area contributed by atoms with Gasteiger partial charge in [-0.1, -0.05) is 114 Å². The normalized spacial score (nSPS) is 11.8. The van der Waals surface area contributed by atoms with E-state index in [1.54, 1.807) is 0 Å². The molecule has 0 aromatic heterocycles. The second-order valence-electron chi connectivity index (χ2n) is 2.84. The molecular weight excluding hydrogens is 588 g/mol. The maximum atomic E-state index is 3.50. The SMILES string of the molecule is BrC(Br)c1cc(C(Br)Br)cc(C(Br)Br)c1. The summed E-state index contributed by atoms with van der Waals surface area (Å²) in [5.41, 5.74) is 3.57. The first-order valence-corrected chi connectivity index (χ1v) is 9.40. The number of halogens is 6. The number of alkyl halides is 6. The van der Waals surface area contributed by atoms with E-state index in [0.717, 1.165) is 0 Å². The smallest absolute Gasteiger partial charge is 0.0712 e. The minimum atomic E-state index is 0.168. The zero-order chi connectivity index (χ0) is 11.6. The summed E-state index contributed by atoms with van der Waals surface area (Å²) in [5.74, 6) is 0. The molecule has 0 aliphatic carbocycles. The lowest BCUT2D eigenvalue weighted by Crippen LogP contribution is -1.91. The third kappa shape index (κ3) is 4.70. The van der Waals surface area contributed by atoms with Crippen LogP contribution in [0.4, 0.5) is 0 Å². The van der Waals surface area contributed by atoms with E-state index in [1.165, 1.54) is 16.7 Å². The van der Waals surface area contributed by atoms with Crippen LogP contribution >= 0.6 is 95.6 Å². The number of hydrogen-bond acceptors (Lipinski definition) is 0. The molecule has 0 bridgehead atoms. The van der Waals surface area contributed by atoms with Gasteiger partial charge in [0.15, 0.2) is 0 Å². The molecule has 0 radical (unpaired) electrons. The molecule has 0 fully saturated rings. The Balaban J connectivity index is 3.20. The van der Waals surface area contributed by atoms with Crippen LogP contribution < -0.4 is 0 Å². The van der Waals surface area contributed by atoms with Gasteiger partial charge >= 0.3 is 0 Å². The maximum Gasteiger partial charge on any atom is 0.0946 e. The van der Waals surface area contributed by atoms with Gasteiger partial charge in [-0.2, -0.15) is 0 Å². The molecule has 84 valence electrons. The molecule has 0 amide bonds. The number of benzene rings is 1. The fourth-order valence-corrected chi connectivity index (χ4v) is 2.67. The van der Waals surface area contributed by atoms with Gasteiger partial charge in [0.1, 0.15) is 0 Å². The third-order valence-electron chi connectivity index (χ3n) is 1.76. The van der Waals surface area contributed by atoms with E-state index in [0.29, 0.717) is 0 Å². The molecule has 0 unspecified atom stereocenters. The van der Waals surface area contributed by atoms with Crippen LogP contribution in [-0.4, -0.2) is 0 Å². The summed E-state index contributed by atoms with van der Waals surface area (Å²) in [6.07, 6.45) is 0. The van der Waals surface area contributed by atoms with Gasteiger partial charge in [-0.05, 0) is 16.7 Å². The maximum absolute atomic E-state index is 3.50. The first-order valence-electron chi connectivity index (χ1n) is 3.91. The van der Waals surface area contributed by atoms with Crippen LogP contribution in [0.5, 0.6) is 0 Å². The molecule has 15 heavy (non-hydrogen) atoms. The molecule has 0 saturated carbocycles. The van der Waals surface area contributed by atoms with Gasteiger partial charge in [0.05, 0.1) is 11.2 Å². The Morgan fingerprint density at radius 1 is 0.533 bits per heavy atom. The molecule has 1 rings (SSSR count). The molecule has 0 aliphatic rings. The van der Waals surface area contributed by atoms with Crippen LogP contribution in [0.3, 0.4) is 0 Å². The Morgan fingerprint density at radius 3 is 0.867 bits per heavy atom. The summed E-state index contributed by atoms with van der Waals surface area (Å²) < 4.78 is 0.503. The number of rotatable bonds is 3. The van der Waals surface area contributed by atoms with Crippen molar-refractivity contribution >= 4 is 95.6 Å². The highest BCUT2D eigenvalue weighted by Gasteiger charge is 2.12. The summed E-state index contributed by atoms with van der Waals surface area (Å²) in [6, 6.07) is 6.40. The zero-order valence-electron chi connectivity index (χ0n) is 7.23. The minimum absolute atomic E-state index is 0.168. The fraction of sp³-hybridized carbons (Fsp3) is 0.333. The van der Waals surface area contributed by atoms with E-state index >= 15 is 0 Å². The van der Waals surface area contributed by atoms with Gasteiger partial charge in [0.25, 0.3) is 0 Å². The molecule has 0 spiro atoms. The van der Waals surface area contributed by atoms with Gasteiger partial charge < -0.3 is 0 Å². The predicted octanol–water partition coefficient (Wildman–Crippen LogP) is 7.05. The summed E-state index contributed by atoms with van der Waals surface area (Å²) in [5, 5.41) is 0. The van der Waals surface area contributed by atoms with Gasteiger partial charge in [0.2, 0.25) is 0 Å². The van der Waals surface area contributed by atoms with Crippen molar-refractivity contribution in [1.29, 1.82) is 0 Å². The van der Waals surface area contributed by atoms with Gasteiger partial charge in [0, 0.05) is 0 Å². The fourth-order valence-electron chi connectivity index (χ4n) is 1.08. The monoisotopic (exact) mass is 588 g/mol. The van der Waals surface area contributed by atoms with Crippen molar-refractivity contribution in [3.05, 3.63) is 34.9 Å². The summed E-state index contributed by atoms with van der Waals surface area (Å²) in [6.45, 7) is 0. The average molecular weight is 594 g/mol. The largest absolute Gasteiger partial charge is 0.0946 e. The van der Waals surface area contributed by atoms with Crippen LogP contribution in [0.2, 0.25) is 0 Å². The number of hydrogen-bond donors (Lipinski definition) is 0. The Kier molecular flexibility index (Phi) is 6.95. The van der Waals surface area contributed by atoms with Crippen molar-refractivity contribution in [1.82, 2.24) is 0 Å². The molecule has 0 aliphatic heterocycles. The molecule has 1 aromatic rings. The molecule has 1 aromatic carbocycles. The minimum Gasteiger partial charge on any atom is -0.0712 e. The van der Waals surface area contributed by atoms with E-state index in [-0.39, 0.29) is 11.2 Å². The van der Waals surface area contributed by atoms with Crippen LogP contribution in [-0.2, 0) is 0 Å². The molecule has 6 heteroatoms. The summed E-state index contributed by atoms with van der Waals surface area (Å²) in [7, 11) is 0. The lowest BCUT2D eigenvalue weighted by atomic mass is 10.1. The highest BCUT2D eigenvalue weighted by molar-refractivity contribution is 9.24. The second kappa shape index (κ2) is 6.88. The van der Waals surface area contributed by atoms with Gasteiger partial charge in [-0.15, -0.1) is 0 Å². The van der Waals surface area contributed by atoms with Crippen LogP contribution in [0.25, 0.3) is 0 Å².